The highest BCUT2D eigenvalue weighted by molar-refractivity contribution is 7.14. The number of hydrogen-bond acceptors (Lipinski definition) is 7. The molecule has 8 heteroatoms. The average Bonchev–Trinajstić information content (AvgIpc) is 3.47. The minimum absolute atomic E-state index is 0.256. The smallest absolute Gasteiger partial charge is 0.231 e. The summed E-state index contributed by atoms with van der Waals surface area (Å²) in [7, 11) is 0. The third-order valence-electron chi connectivity index (χ3n) is 4.05. The number of fused-ring (bicyclic) bond motifs is 1. The van der Waals surface area contributed by atoms with Crippen molar-refractivity contribution in [3.8, 4) is 22.1 Å². The highest BCUT2D eigenvalue weighted by atomic mass is 32.1. The summed E-state index contributed by atoms with van der Waals surface area (Å²) in [5, 5.41) is 8.83. The molecule has 0 spiro atoms. The van der Waals surface area contributed by atoms with Gasteiger partial charge in [0.15, 0.2) is 11.5 Å². The van der Waals surface area contributed by atoms with Gasteiger partial charge in [0.05, 0.1) is 28.7 Å². The van der Waals surface area contributed by atoms with Crippen LogP contribution in [0.1, 0.15) is 5.56 Å². The lowest BCUT2D eigenvalue weighted by molar-refractivity contribution is 0.174. The first-order valence-electron chi connectivity index (χ1n) is 8.50. The van der Waals surface area contributed by atoms with Gasteiger partial charge in [0.25, 0.3) is 0 Å². The molecule has 5 rings (SSSR count). The lowest BCUT2D eigenvalue weighted by atomic mass is 10.2. The summed E-state index contributed by atoms with van der Waals surface area (Å²) >= 11 is 3.21. The Morgan fingerprint density at radius 3 is 2.89 bits per heavy atom. The number of ether oxygens (including phenoxy) is 2. The quantitative estimate of drug-likeness (QED) is 0.468. The number of pyridine rings is 1. The van der Waals surface area contributed by atoms with E-state index in [4.69, 9.17) is 19.6 Å². The standard InChI is InChI=1S/C20H14N4O2S2/c1-3-15(11-21-7-1)23-20-24(16(12-28-20)19-4-2-8-27-19)22-10-14-5-6-17-18(9-14)26-13-25-17/h1-12H,13H2. The number of nitrogens with zero attached hydrogens (tertiary/aromatic N) is 4. The van der Waals surface area contributed by atoms with Crippen LogP contribution in [-0.2, 0) is 0 Å². The van der Waals surface area contributed by atoms with E-state index in [0.717, 1.165) is 38.1 Å². The van der Waals surface area contributed by atoms with Crippen LogP contribution >= 0.6 is 22.7 Å². The van der Waals surface area contributed by atoms with E-state index < -0.39 is 0 Å². The van der Waals surface area contributed by atoms with Crippen molar-refractivity contribution >= 4 is 34.6 Å². The summed E-state index contributed by atoms with van der Waals surface area (Å²) in [4.78, 5) is 10.7. The number of thiophene rings is 1. The molecule has 0 unspecified atom stereocenters. The zero-order valence-electron chi connectivity index (χ0n) is 14.6. The van der Waals surface area contributed by atoms with Gasteiger partial charge in [-0.25, -0.2) is 9.67 Å². The van der Waals surface area contributed by atoms with E-state index in [0.29, 0.717) is 0 Å². The molecule has 0 N–H and O–H groups in total. The molecular weight excluding hydrogens is 392 g/mol. The van der Waals surface area contributed by atoms with Crippen LogP contribution < -0.4 is 14.3 Å². The number of hydrogen-bond donors (Lipinski definition) is 0. The van der Waals surface area contributed by atoms with Crippen LogP contribution in [0.3, 0.4) is 0 Å². The van der Waals surface area contributed by atoms with Crippen LogP contribution in [0.2, 0.25) is 0 Å². The molecule has 0 radical (unpaired) electrons. The number of rotatable bonds is 4. The Hall–Kier alpha value is -3.23. The maximum Gasteiger partial charge on any atom is 0.231 e. The summed E-state index contributed by atoms with van der Waals surface area (Å²) in [6, 6.07) is 13.7. The molecule has 0 bridgehead atoms. The predicted molar refractivity (Wildman–Crippen MR) is 111 cm³/mol. The molecule has 1 aromatic carbocycles. The van der Waals surface area contributed by atoms with Crippen LogP contribution in [0.25, 0.3) is 10.6 Å². The van der Waals surface area contributed by atoms with Gasteiger partial charge in [0.2, 0.25) is 11.6 Å². The molecule has 6 nitrogen and oxygen atoms in total. The minimum Gasteiger partial charge on any atom is -0.454 e. The molecule has 4 aromatic rings. The minimum atomic E-state index is 0.256. The van der Waals surface area contributed by atoms with E-state index in [9.17, 15) is 0 Å². The van der Waals surface area contributed by atoms with Gasteiger partial charge >= 0.3 is 0 Å². The Balaban J connectivity index is 1.58. The van der Waals surface area contributed by atoms with Gasteiger partial charge in [-0.15, -0.1) is 22.7 Å². The predicted octanol–water partition coefficient (Wildman–Crippen LogP) is 4.52. The summed E-state index contributed by atoms with van der Waals surface area (Å²) in [5.74, 6) is 1.49. The molecule has 0 atom stereocenters. The SMILES string of the molecule is C(=Nn1c(-c2cccs2)csc1=Nc1cccnc1)c1ccc2c(c1)OCO2. The van der Waals surface area contributed by atoms with E-state index >= 15 is 0 Å². The zero-order valence-corrected chi connectivity index (χ0v) is 16.2. The third-order valence-corrected chi connectivity index (χ3v) is 5.76. The Morgan fingerprint density at radius 2 is 2.04 bits per heavy atom. The first-order chi connectivity index (χ1) is 13.9. The summed E-state index contributed by atoms with van der Waals surface area (Å²) in [6.45, 7) is 0.256. The fourth-order valence-corrected chi connectivity index (χ4v) is 4.38. The number of thiazole rings is 1. The van der Waals surface area contributed by atoms with E-state index in [2.05, 4.69) is 21.8 Å². The second-order valence-electron chi connectivity index (χ2n) is 5.87. The maximum atomic E-state index is 5.45. The molecule has 0 saturated heterocycles. The van der Waals surface area contributed by atoms with Gasteiger partial charge in [0.1, 0.15) is 0 Å². The molecule has 0 amide bonds. The Kier molecular flexibility index (Phi) is 4.48. The highest BCUT2D eigenvalue weighted by Crippen LogP contribution is 2.32. The zero-order chi connectivity index (χ0) is 18.8. The van der Waals surface area contributed by atoms with Crippen molar-refractivity contribution in [2.24, 2.45) is 10.1 Å². The molecule has 0 aliphatic carbocycles. The normalized spacial score (nSPS) is 13.5. The van der Waals surface area contributed by atoms with Gasteiger partial charge in [-0.1, -0.05) is 6.07 Å². The van der Waals surface area contributed by atoms with Gasteiger partial charge in [-0.2, -0.15) is 5.10 Å². The fraction of sp³-hybridized carbons (Fsp3) is 0.0500. The molecule has 3 aromatic heterocycles. The summed E-state index contributed by atoms with van der Waals surface area (Å²) in [5.41, 5.74) is 2.71. The maximum absolute atomic E-state index is 5.45. The van der Waals surface area contributed by atoms with Gasteiger partial charge in [0, 0.05) is 11.6 Å². The highest BCUT2D eigenvalue weighted by Gasteiger charge is 2.13. The Morgan fingerprint density at radius 1 is 1.07 bits per heavy atom. The first-order valence-corrected chi connectivity index (χ1v) is 10.3. The Labute approximate surface area is 168 Å². The molecule has 1 aliphatic rings. The molecular formula is C20H14N4O2S2. The van der Waals surface area contributed by atoms with Crippen molar-refractivity contribution < 1.29 is 9.47 Å². The van der Waals surface area contributed by atoms with Gasteiger partial charge in [-0.3, -0.25) is 4.98 Å². The summed E-state index contributed by atoms with van der Waals surface area (Å²) in [6.07, 6.45) is 5.26. The number of aromatic nitrogens is 2. The van der Waals surface area contributed by atoms with Crippen LogP contribution in [0, 0.1) is 0 Å². The van der Waals surface area contributed by atoms with Gasteiger partial charge in [-0.05, 0) is 47.3 Å². The van der Waals surface area contributed by atoms with E-state index in [1.807, 2.05) is 41.1 Å². The van der Waals surface area contributed by atoms with Crippen LogP contribution in [0.5, 0.6) is 11.5 Å². The van der Waals surface area contributed by atoms with Crippen molar-refractivity contribution in [1.29, 1.82) is 0 Å². The molecule has 28 heavy (non-hydrogen) atoms. The first kappa shape index (κ1) is 16.9. The van der Waals surface area contributed by atoms with E-state index in [1.54, 1.807) is 41.3 Å². The molecule has 138 valence electrons. The lowest BCUT2D eigenvalue weighted by Crippen LogP contribution is -2.11. The van der Waals surface area contributed by atoms with Crippen LogP contribution in [0.4, 0.5) is 5.69 Å². The van der Waals surface area contributed by atoms with E-state index in [-0.39, 0.29) is 6.79 Å². The number of benzene rings is 1. The van der Waals surface area contributed by atoms with Crippen molar-refractivity contribution in [3.63, 3.8) is 0 Å². The topological polar surface area (TPSA) is 61.0 Å². The van der Waals surface area contributed by atoms with Gasteiger partial charge < -0.3 is 9.47 Å². The van der Waals surface area contributed by atoms with Crippen molar-refractivity contribution in [2.75, 3.05) is 6.79 Å². The van der Waals surface area contributed by atoms with Crippen molar-refractivity contribution in [1.82, 2.24) is 9.66 Å². The van der Waals surface area contributed by atoms with Crippen LogP contribution in [-0.4, -0.2) is 22.7 Å². The Bertz CT molecular complexity index is 1190. The lowest BCUT2D eigenvalue weighted by Gasteiger charge is -2.02. The largest absolute Gasteiger partial charge is 0.454 e. The monoisotopic (exact) mass is 406 g/mol. The molecule has 0 fully saturated rings. The molecule has 4 heterocycles. The van der Waals surface area contributed by atoms with Crippen molar-refractivity contribution in [3.05, 3.63) is 76.0 Å². The second-order valence-corrected chi connectivity index (χ2v) is 7.66. The molecule has 0 saturated carbocycles. The second kappa shape index (κ2) is 7.41. The van der Waals surface area contributed by atoms with Crippen LogP contribution in [0.15, 0.2) is 75.7 Å². The molecule has 1 aliphatic heterocycles. The van der Waals surface area contributed by atoms with E-state index in [1.165, 1.54) is 0 Å². The van der Waals surface area contributed by atoms with Crippen molar-refractivity contribution in [2.45, 2.75) is 0 Å². The average molecular weight is 406 g/mol. The fourth-order valence-electron chi connectivity index (χ4n) is 2.73. The third kappa shape index (κ3) is 3.35. The summed E-state index contributed by atoms with van der Waals surface area (Å²) < 4.78 is 12.7.